The average Bonchev–Trinajstić information content (AvgIpc) is 2.60. The summed E-state index contributed by atoms with van der Waals surface area (Å²) in [6, 6.07) is 0. The molecule has 0 amide bonds. The van der Waals surface area contributed by atoms with Crippen molar-refractivity contribution in [1.82, 2.24) is 0 Å². The average molecular weight is 189 g/mol. The van der Waals surface area contributed by atoms with Crippen molar-refractivity contribution < 1.29 is 9.53 Å². The maximum absolute atomic E-state index is 10.3. The second-order valence-electron chi connectivity index (χ2n) is 3.98. The molecule has 0 aliphatic heterocycles. The zero-order valence-corrected chi connectivity index (χ0v) is 7.72. The van der Waals surface area contributed by atoms with Gasteiger partial charge in [0.15, 0.2) is 0 Å². The Balaban J connectivity index is 1.79. The van der Waals surface area contributed by atoms with Crippen LogP contribution in [0.5, 0.6) is 0 Å². The second-order valence-corrected chi connectivity index (χ2v) is 4.29. The molecule has 2 rings (SSSR count). The highest BCUT2D eigenvalue weighted by Crippen LogP contribution is 2.48. The van der Waals surface area contributed by atoms with Crippen molar-refractivity contribution >= 4 is 17.0 Å². The first-order valence-electron chi connectivity index (χ1n) is 4.58. The van der Waals surface area contributed by atoms with Gasteiger partial charge in [-0.1, -0.05) is 6.42 Å². The molecule has 0 heterocycles. The SMILES string of the molecule is O=C(Cl)OC[C@@H]1C[C@H]2CC[C@H]1C2. The van der Waals surface area contributed by atoms with Crippen molar-refractivity contribution in [2.75, 3.05) is 6.61 Å². The second kappa shape index (κ2) is 3.25. The smallest absolute Gasteiger partial charge is 0.403 e. The predicted molar refractivity (Wildman–Crippen MR) is 46.1 cm³/mol. The van der Waals surface area contributed by atoms with Crippen molar-refractivity contribution in [1.29, 1.82) is 0 Å². The van der Waals surface area contributed by atoms with Crippen LogP contribution in [0.2, 0.25) is 0 Å². The lowest BCUT2D eigenvalue weighted by atomic mass is 9.90. The molecule has 2 aliphatic carbocycles. The molecule has 0 aromatic heterocycles. The summed E-state index contributed by atoms with van der Waals surface area (Å²) >= 11 is 5.10. The minimum Gasteiger partial charge on any atom is -0.453 e. The van der Waals surface area contributed by atoms with E-state index >= 15 is 0 Å². The first-order valence-corrected chi connectivity index (χ1v) is 4.95. The molecule has 2 saturated carbocycles. The Labute approximate surface area is 77.2 Å². The molecule has 3 atom stereocenters. The number of hydrogen-bond acceptors (Lipinski definition) is 2. The van der Waals surface area contributed by atoms with Crippen LogP contribution < -0.4 is 0 Å². The first kappa shape index (κ1) is 8.36. The van der Waals surface area contributed by atoms with E-state index in [0.717, 1.165) is 11.8 Å². The van der Waals surface area contributed by atoms with Crippen molar-refractivity contribution in [3.05, 3.63) is 0 Å². The molecule has 0 aromatic carbocycles. The fourth-order valence-corrected chi connectivity index (χ4v) is 2.82. The van der Waals surface area contributed by atoms with E-state index in [1.165, 1.54) is 25.7 Å². The molecular weight excluding hydrogens is 176 g/mol. The number of halogens is 1. The van der Waals surface area contributed by atoms with Crippen LogP contribution in [0.15, 0.2) is 0 Å². The van der Waals surface area contributed by atoms with Crippen LogP contribution in [0, 0.1) is 17.8 Å². The molecule has 2 nitrogen and oxygen atoms in total. The summed E-state index contributed by atoms with van der Waals surface area (Å²) in [5.41, 5.74) is -0.655. The molecule has 68 valence electrons. The van der Waals surface area contributed by atoms with E-state index in [-0.39, 0.29) is 0 Å². The monoisotopic (exact) mass is 188 g/mol. The molecule has 0 aromatic rings. The van der Waals surface area contributed by atoms with Crippen LogP contribution in [0.1, 0.15) is 25.7 Å². The van der Waals surface area contributed by atoms with Gasteiger partial charge in [-0.15, -0.1) is 0 Å². The van der Waals surface area contributed by atoms with Gasteiger partial charge in [0.05, 0.1) is 6.61 Å². The minimum atomic E-state index is -0.655. The first-order chi connectivity index (χ1) is 5.75. The summed E-state index contributed by atoms with van der Waals surface area (Å²) in [6.45, 7) is 0.545. The van der Waals surface area contributed by atoms with Crippen molar-refractivity contribution in [2.24, 2.45) is 17.8 Å². The third kappa shape index (κ3) is 1.58. The molecule has 2 aliphatic rings. The lowest BCUT2D eigenvalue weighted by Crippen LogP contribution is -2.17. The maximum atomic E-state index is 10.3. The normalized spacial score (nSPS) is 38.6. The molecule has 12 heavy (non-hydrogen) atoms. The predicted octanol–water partition coefficient (Wildman–Crippen LogP) is 2.80. The van der Waals surface area contributed by atoms with Crippen molar-refractivity contribution in [2.45, 2.75) is 25.7 Å². The van der Waals surface area contributed by atoms with Gasteiger partial charge in [0.1, 0.15) is 0 Å². The highest BCUT2D eigenvalue weighted by Gasteiger charge is 2.39. The van der Waals surface area contributed by atoms with E-state index in [0.29, 0.717) is 12.5 Å². The Morgan fingerprint density at radius 3 is 2.75 bits per heavy atom. The zero-order valence-electron chi connectivity index (χ0n) is 6.96. The number of carbonyl (C=O) groups excluding carboxylic acids is 1. The van der Waals surface area contributed by atoms with E-state index in [2.05, 4.69) is 0 Å². The Morgan fingerprint density at radius 2 is 2.25 bits per heavy atom. The van der Waals surface area contributed by atoms with Crippen LogP contribution in [0.4, 0.5) is 4.79 Å². The van der Waals surface area contributed by atoms with E-state index in [9.17, 15) is 4.79 Å². The highest BCUT2D eigenvalue weighted by atomic mass is 35.5. The third-order valence-electron chi connectivity index (χ3n) is 3.30. The van der Waals surface area contributed by atoms with Gasteiger partial charge in [0, 0.05) is 11.6 Å². The van der Waals surface area contributed by atoms with Gasteiger partial charge >= 0.3 is 5.43 Å². The molecule has 0 spiro atoms. The van der Waals surface area contributed by atoms with Gasteiger partial charge in [-0.25, -0.2) is 4.79 Å². The Morgan fingerprint density at radius 1 is 1.42 bits per heavy atom. The van der Waals surface area contributed by atoms with Crippen LogP contribution in [0.25, 0.3) is 0 Å². The highest BCUT2D eigenvalue weighted by molar-refractivity contribution is 6.61. The number of rotatable bonds is 2. The minimum absolute atomic E-state index is 0.545. The van der Waals surface area contributed by atoms with Gasteiger partial charge in [0.25, 0.3) is 0 Å². The summed E-state index contributed by atoms with van der Waals surface area (Å²) in [5.74, 6) is 2.33. The van der Waals surface area contributed by atoms with E-state index in [1.54, 1.807) is 0 Å². The molecule has 0 N–H and O–H groups in total. The quantitative estimate of drug-likeness (QED) is 0.623. The molecule has 0 saturated heterocycles. The largest absolute Gasteiger partial charge is 0.453 e. The molecule has 0 unspecified atom stereocenters. The Kier molecular flexibility index (Phi) is 2.26. The summed E-state index contributed by atoms with van der Waals surface area (Å²) in [5, 5.41) is 0. The number of ether oxygens (including phenoxy) is 1. The lowest BCUT2D eigenvalue weighted by molar-refractivity contribution is 0.132. The lowest BCUT2D eigenvalue weighted by Gasteiger charge is -2.20. The van der Waals surface area contributed by atoms with E-state index in [4.69, 9.17) is 16.3 Å². The van der Waals surface area contributed by atoms with Crippen LogP contribution in [-0.2, 0) is 4.74 Å². The molecule has 2 fully saturated rings. The topological polar surface area (TPSA) is 26.3 Å². The van der Waals surface area contributed by atoms with Gasteiger partial charge in [-0.3, -0.25) is 0 Å². The van der Waals surface area contributed by atoms with E-state index < -0.39 is 5.43 Å². The summed E-state index contributed by atoms with van der Waals surface area (Å²) in [6.07, 6.45) is 5.31. The van der Waals surface area contributed by atoms with Gasteiger partial charge in [-0.2, -0.15) is 0 Å². The number of hydrogen-bond donors (Lipinski definition) is 0. The van der Waals surface area contributed by atoms with Crippen molar-refractivity contribution in [3.8, 4) is 0 Å². The van der Waals surface area contributed by atoms with Gasteiger partial charge in [0.2, 0.25) is 0 Å². The van der Waals surface area contributed by atoms with Crippen LogP contribution in [0.3, 0.4) is 0 Å². The number of fused-ring (bicyclic) bond motifs is 2. The standard InChI is InChI=1S/C9H13ClO2/c10-9(11)12-5-8-4-6-1-2-7(8)3-6/h6-8H,1-5H2/t6-,7-,8-/m0/s1. The maximum Gasteiger partial charge on any atom is 0.403 e. The molecule has 3 heteroatoms. The molecule has 0 radical (unpaired) electrons. The van der Waals surface area contributed by atoms with Crippen molar-refractivity contribution in [3.63, 3.8) is 0 Å². The molecule has 2 bridgehead atoms. The van der Waals surface area contributed by atoms with Crippen LogP contribution >= 0.6 is 11.6 Å². The fraction of sp³-hybridized carbons (Fsp3) is 0.889. The fourth-order valence-electron chi connectivity index (χ4n) is 2.75. The van der Waals surface area contributed by atoms with Gasteiger partial charge < -0.3 is 4.74 Å². The molecular formula is C9H13ClO2. The Bertz CT molecular complexity index is 193. The summed E-state index contributed by atoms with van der Waals surface area (Å²) in [7, 11) is 0. The van der Waals surface area contributed by atoms with Crippen LogP contribution in [-0.4, -0.2) is 12.0 Å². The third-order valence-corrected chi connectivity index (χ3v) is 3.40. The van der Waals surface area contributed by atoms with E-state index in [1.807, 2.05) is 0 Å². The number of carbonyl (C=O) groups is 1. The zero-order chi connectivity index (χ0) is 8.55. The Hall–Kier alpha value is -0.240. The summed E-state index contributed by atoms with van der Waals surface area (Å²) in [4.78, 5) is 10.3. The summed E-state index contributed by atoms with van der Waals surface area (Å²) < 4.78 is 4.80. The van der Waals surface area contributed by atoms with Gasteiger partial charge in [-0.05, 0) is 37.0 Å².